The molecule has 5 rings (SSSR count). The van der Waals surface area contributed by atoms with Gasteiger partial charge in [-0.1, -0.05) is 47.5 Å². The van der Waals surface area contributed by atoms with Gasteiger partial charge in [0.05, 0.1) is 31.5 Å². The van der Waals surface area contributed by atoms with Gasteiger partial charge in [0, 0.05) is 22.8 Å². The maximum absolute atomic E-state index is 13.3. The fourth-order valence-electron chi connectivity index (χ4n) is 4.58. The maximum atomic E-state index is 13.3. The molecule has 0 fully saturated rings. The van der Waals surface area contributed by atoms with Crippen LogP contribution in [-0.4, -0.2) is 62.5 Å². The van der Waals surface area contributed by atoms with Crippen LogP contribution in [0.1, 0.15) is 33.4 Å². The Labute approximate surface area is 272 Å². The third-order valence-electron chi connectivity index (χ3n) is 6.77. The summed E-state index contributed by atoms with van der Waals surface area (Å²) in [6, 6.07) is 17.6. The second-order valence-corrected chi connectivity index (χ2v) is 10.6. The number of hydrogen-bond acceptors (Lipinski definition) is 9. The number of nitrogens with one attached hydrogen (secondary N) is 4. The summed E-state index contributed by atoms with van der Waals surface area (Å²) in [5, 5.41) is 20.4. The first kappa shape index (κ1) is 31.9. The second-order valence-electron chi connectivity index (χ2n) is 9.78. The highest BCUT2D eigenvalue weighted by atomic mass is 35.5. The molecule has 0 bridgehead atoms. The van der Waals surface area contributed by atoms with E-state index in [0.717, 1.165) is 5.56 Å². The van der Waals surface area contributed by atoms with Crippen molar-refractivity contribution in [1.82, 2.24) is 40.8 Å². The minimum Gasteiger partial charge on any atom is -0.465 e. The number of carbonyl (C=O) groups excluding carboxylic acids is 3. The Morgan fingerprint density at radius 3 is 2.52 bits per heavy atom. The molecular formula is C30H27Cl2N9O5. The lowest BCUT2D eigenvalue weighted by atomic mass is 10.0. The molecular weight excluding hydrogens is 637 g/mol. The number of anilines is 1. The van der Waals surface area contributed by atoms with Gasteiger partial charge in [-0.2, -0.15) is 0 Å². The number of methoxy groups -OCH3 is 2. The summed E-state index contributed by atoms with van der Waals surface area (Å²) in [4.78, 5) is 44.8. The van der Waals surface area contributed by atoms with E-state index in [1.807, 2.05) is 6.07 Å². The van der Waals surface area contributed by atoms with Crippen LogP contribution in [0.15, 0.2) is 73.1 Å². The molecule has 3 amide bonds. The Morgan fingerprint density at radius 2 is 1.80 bits per heavy atom. The summed E-state index contributed by atoms with van der Waals surface area (Å²) >= 11 is 12.8. The molecule has 2 heterocycles. The zero-order valence-corrected chi connectivity index (χ0v) is 26.0. The number of esters is 1. The first-order chi connectivity index (χ1) is 22.2. The van der Waals surface area contributed by atoms with Gasteiger partial charge in [0.15, 0.2) is 0 Å². The number of amides is 3. The topological polar surface area (TPSA) is 178 Å². The van der Waals surface area contributed by atoms with Crippen molar-refractivity contribution in [2.24, 2.45) is 0 Å². The molecule has 0 aliphatic rings. The van der Waals surface area contributed by atoms with Gasteiger partial charge in [0.1, 0.15) is 23.0 Å². The van der Waals surface area contributed by atoms with Crippen molar-refractivity contribution in [2.75, 3.05) is 19.5 Å². The molecule has 0 saturated heterocycles. The number of H-pyrrole nitrogens is 1. The molecule has 0 spiro atoms. The van der Waals surface area contributed by atoms with Crippen molar-refractivity contribution in [3.63, 3.8) is 0 Å². The number of aromatic nitrogens is 6. The summed E-state index contributed by atoms with van der Waals surface area (Å²) in [6.45, 7) is 0.0995. The summed E-state index contributed by atoms with van der Waals surface area (Å²) in [6.07, 6.45) is 1.08. The minimum atomic E-state index is -0.710. The summed E-state index contributed by atoms with van der Waals surface area (Å²) in [7, 11) is 2.58. The van der Waals surface area contributed by atoms with Gasteiger partial charge < -0.3 is 25.1 Å². The number of hydrogen-bond donors (Lipinski definition) is 4. The van der Waals surface area contributed by atoms with E-state index in [4.69, 9.17) is 32.9 Å². The first-order valence-corrected chi connectivity index (χ1v) is 14.4. The van der Waals surface area contributed by atoms with Gasteiger partial charge in [-0.15, -0.1) is 5.10 Å². The fourth-order valence-corrected chi connectivity index (χ4v) is 5.02. The van der Waals surface area contributed by atoms with Crippen LogP contribution in [0.4, 0.5) is 15.3 Å². The lowest BCUT2D eigenvalue weighted by Crippen LogP contribution is -2.39. The SMILES string of the molecule is COC(=O)Nc1ccc(-c2nc(C(Cc3cccc(C(=O)OC)c3)NC(=O)NCc3cc(Cl)ccc3-n3cnnn3)[nH]c2Cl)cc1. The smallest absolute Gasteiger partial charge is 0.411 e. The molecule has 14 nitrogen and oxygen atoms in total. The Bertz CT molecular complexity index is 1850. The second kappa shape index (κ2) is 14.5. The Kier molecular flexibility index (Phi) is 10.1. The molecule has 5 aromatic rings. The van der Waals surface area contributed by atoms with E-state index in [-0.39, 0.29) is 18.1 Å². The highest BCUT2D eigenvalue weighted by molar-refractivity contribution is 6.32. The van der Waals surface area contributed by atoms with E-state index in [0.29, 0.717) is 44.6 Å². The van der Waals surface area contributed by atoms with Gasteiger partial charge in [0.25, 0.3) is 0 Å². The highest BCUT2D eigenvalue weighted by Crippen LogP contribution is 2.30. The maximum Gasteiger partial charge on any atom is 0.411 e. The molecule has 3 aromatic carbocycles. The Hall–Kier alpha value is -5.47. The van der Waals surface area contributed by atoms with Crippen LogP contribution in [-0.2, 0) is 22.4 Å². The van der Waals surface area contributed by atoms with Crippen LogP contribution in [0.2, 0.25) is 10.2 Å². The van der Waals surface area contributed by atoms with Crippen LogP contribution < -0.4 is 16.0 Å². The normalized spacial score (nSPS) is 11.4. The largest absolute Gasteiger partial charge is 0.465 e. The van der Waals surface area contributed by atoms with Crippen molar-refractivity contribution in [3.8, 4) is 16.9 Å². The zero-order chi connectivity index (χ0) is 32.6. The van der Waals surface area contributed by atoms with Crippen LogP contribution in [0.3, 0.4) is 0 Å². The quantitative estimate of drug-likeness (QED) is 0.148. The summed E-state index contributed by atoms with van der Waals surface area (Å²) in [5.74, 6) is -0.120. The number of benzene rings is 3. The van der Waals surface area contributed by atoms with Crippen molar-refractivity contribution in [3.05, 3.63) is 106 Å². The number of aromatic amines is 1. The number of imidazole rings is 1. The number of halogens is 2. The number of urea groups is 1. The van der Waals surface area contributed by atoms with Crippen LogP contribution in [0, 0.1) is 0 Å². The molecule has 46 heavy (non-hydrogen) atoms. The van der Waals surface area contributed by atoms with Gasteiger partial charge >= 0.3 is 18.1 Å². The number of nitrogens with zero attached hydrogens (tertiary/aromatic N) is 5. The third-order valence-corrected chi connectivity index (χ3v) is 7.28. The monoisotopic (exact) mass is 663 g/mol. The predicted molar refractivity (Wildman–Crippen MR) is 169 cm³/mol. The molecule has 1 atom stereocenters. The number of tetrazole rings is 1. The number of rotatable bonds is 10. The van der Waals surface area contributed by atoms with Crippen molar-refractivity contribution in [1.29, 1.82) is 0 Å². The molecule has 2 aromatic heterocycles. The molecule has 0 aliphatic carbocycles. The Morgan fingerprint density at radius 1 is 1.00 bits per heavy atom. The Balaban J connectivity index is 1.39. The highest BCUT2D eigenvalue weighted by Gasteiger charge is 2.23. The summed E-state index contributed by atoms with van der Waals surface area (Å²) in [5.41, 5.74) is 4.02. The minimum absolute atomic E-state index is 0.0995. The lowest BCUT2D eigenvalue weighted by Gasteiger charge is -2.18. The van der Waals surface area contributed by atoms with Crippen molar-refractivity contribution in [2.45, 2.75) is 19.0 Å². The molecule has 1 unspecified atom stereocenters. The molecule has 0 radical (unpaired) electrons. The van der Waals surface area contributed by atoms with Crippen LogP contribution in [0.25, 0.3) is 16.9 Å². The first-order valence-electron chi connectivity index (χ1n) is 13.7. The van der Waals surface area contributed by atoms with Gasteiger partial charge in [-0.25, -0.2) is 24.0 Å². The van der Waals surface area contributed by atoms with Crippen molar-refractivity contribution >= 4 is 47.0 Å². The average molecular weight is 665 g/mol. The summed E-state index contributed by atoms with van der Waals surface area (Å²) < 4.78 is 11.0. The van der Waals surface area contributed by atoms with Crippen LogP contribution in [0.5, 0.6) is 0 Å². The van der Waals surface area contributed by atoms with Crippen molar-refractivity contribution < 1.29 is 23.9 Å². The number of carbonyl (C=O) groups is 3. The lowest BCUT2D eigenvalue weighted by molar-refractivity contribution is 0.0600. The molecule has 0 aliphatic heterocycles. The average Bonchev–Trinajstić information content (AvgIpc) is 3.74. The molecule has 16 heteroatoms. The number of ether oxygens (including phenoxy) is 2. The van der Waals surface area contributed by atoms with E-state index in [2.05, 4.69) is 41.2 Å². The van der Waals surface area contributed by atoms with E-state index < -0.39 is 24.1 Å². The van der Waals surface area contributed by atoms with E-state index in [1.54, 1.807) is 60.7 Å². The molecule has 236 valence electrons. The predicted octanol–water partition coefficient (Wildman–Crippen LogP) is 5.11. The van der Waals surface area contributed by atoms with Gasteiger partial charge in [-0.05, 0) is 70.4 Å². The standard InChI is InChI=1S/C30H27Cl2N9O5/c1-45-28(42)19-5-3-4-17(12-19)13-23(27-37-25(26(32)38-27)18-6-9-22(10-7-18)35-30(44)46-2)36-29(43)33-15-20-14-21(31)8-11-24(20)41-16-34-39-40-41/h3-12,14,16,23H,13,15H2,1-2H3,(H,35,44)(H,37,38)(H2,33,36,43). The molecule has 0 saturated carbocycles. The third kappa shape index (κ3) is 7.78. The zero-order valence-electron chi connectivity index (χ0n) is 24.5. The van der Waals surface area contributed by atoms with Gasteiger partial charge in [-0.3, -0.25) is 5.32 Å². The van der Waals surface area contributed by atoms with Gasteiger partial charge in [0.2, 0.25) is 0 Å². The van der Waals surface area contributed by atoms with Crippen LogP contribution >= 0.6 is 23.2 Å². The van der Waals surface area contributed by atoms with E-state index in [9.17, 15) is 14.4 Å². The fraction of sp³-hybridized carbons (Fsp3) is 0.167. The molecule has 4 N–H and O–H groups in total. The van der Waals surface area contributed by atoms with E-state index >= 15 is 0 Å². The van der Waals surface area contributed by atoms with E-state index in [1.165, 1.54) is 25.2 Å².